The van der Waals surface area contributed by atoms with Gasteiger partial charge in [0.15, 0.2) is 0 Å². The fourth-order valence-corrected chi connectivity index (χ4v) is 3.21. The molecule has 0 aliphatic carbocycles. The highest BCUT2D eigenvalue weighted by Crippen LogP contribution is 2.41. The molecule has 1 radical (unpaired) electrons. The Morgan fingerprint density at radius 1 is 1.03 bits per heavy atom. The van der Waals surface area contributed by atoms with Gasteiger partial charge < -0.3 is 10.5 Å². The van der Waals surface area contributed by atoms with Crippen molar-refractivity contribution in [1.29, 1.82) is 0 Å². The van der Waals surface area contributed by atoms with E-state index in [1.807, 2.05) is 13.0 Å². The first-order chi connectivity index (χ1) is 13.3. The zero-order chi connectivity index (χ0) is 21.9. The van der Waals surface area contributed by atoms with Crippen LogP contribution in [-0.4, -0.2) is 12.1 Å². The van der Waals surface area contributed by atoms with Crippen molar-refractivity contribution in [2.45, 2.75) is 37.7 Å². The van der Waals surface area contributed by atoms with E-state index in [0.717, 1.165) is 22.2 Å². The van der Waals surface area contributed by atoms with Gasteiger partial charge >= 0.3 is 12.4 Å². The molecule has 2 nitrogen and oxygen atoms in total. The van der Waals surface area contributed by atoms with Gasteiger partial charge in [0.1, 0.15) is 12.4 Å². The molecule has 0 aliphatic rings. The van der Waals surface area contributed by atoms with Crippen LogP contribution in [0.5, 0.6) is 5.75 Å². The molecule has 1 atom stereocenters. The molecule has 2 rings (SSSR count). The number of halogens is 6. The largest absolute Gasteiger partial charge is 0.481 e. The highest BCUT2D eigenvalue weighted by molar-refractivity contribution is 7.12. The van der Waals surface area contributed by atoms with E-state index in [1.54, 1.807) is 6.07 Å². The number of nitrogens with two attached hydrogens (primary N) is 1. The molecular formula is C20H18F6NOS. The second-order valence-corrected chi connectivity index (χ2v) is 7.88. The number of benzene rings is 1. The Bertz CT molecular complexity index is 897. The van der Waals surface area contributed by atoms with Crippen LogP contribution in [0.1, 0.15) is 34.2 Å². The lowest BCUT2D eigenvalue weighted by Crippen LogP contribution is -2.32. The molecule has 1 unspecified atom stereocenters. The van der Waals surface area contributed by atoms with Crippen LogP contribution in [0.15, 0.2) is 30.3 Å². The summed E-state index contributed by atoms with van der Waals surface area (Å²) < 4.78 is 82.1. The Kier molecular flexibility index (Phi) is 6.91. The van der Waals surface area contributed by atoms with Crippen molar-refractivity contribution in [3.8, 4) is 17.6 Å². The minimum atomic E-state index is -5.16. The number of aryl methyl sites for hydroxylation is 1. The van der Waals surface area contributed by atoms with Crippen LogP contribution in [0, 0.1) is 18.8 Å². The standard InChI is InChI=1S/C20H18F6NOS/c1-18(2,27)10-9-15-7-6-14(29-15)4-3-11-28-13-5-8-16(19(21,22)23)17(12-13)20(24,25)26/h5-8,12H,1,9-11,27H2,2H3. The molecule has 2 N–H and O–H groups in total. The van der Waals surface area contributed by atoms with Gasteiger partial charge in [-0.1, -0.05) is 11.8 Å². The first-order valence-corrected chi connectivity index (χ1v) is 9.20. The zero-order valence-corrected chi connectivity index (χ0v) is 16.2. The maximum Gasteiger partial charge on any atom is 0.417 e. The lowest BCUT2D eigenvalue weighted by atomic mass is 10.00. The number of hydrogen-bond donors (Lipinski definition) is 1. The number of alkyl halides is 6. The van der Waals surface area contributed by atoms with E-state index < -0.39 is 29.0 Å². The van der Waals surface area contributed by atoms with Gasteiger partial charge in [0.05, 0.1) is 16.0 Å². The summed E-state index contributed by atoms with van der Waals surface area (Å²) in [5.74, 6) is 5.10. The lowest BCUT2D eigenvalue weighted by Gasteiger charge is -2.16. The Morgan fingerprint density at radius 3 is 2.28 bits per heavy atom. The van der Waals surface area contributed by atoms with Crippen LogP contribution in [0.3, 0.4) is 0 Å². The Labute approximate surface area is 168 Å². The average Bonchev–Trinajstić information content (AvgIpc) is 3.02. The van der Waals surface area contributed by atoms with Crippen molar-refractivity contribution in [3.63, 3.8) is 0 Å². The topological polar surface area (TPSA) is 35.2 Å². The molecular weight excluding hydrogens is 416 g/mol. The Hall–Kier alpha value is -2.18. The van der Waals surface area contributed by atoms with E-state index in [-0.39, 0.29) is 12.4 Å². The van der Waals surface area contributed by atoms with Crippen LogP contribution < -0.4 is 10.5 Å². The number of ether oxygens (including phenoxy) is 1. The van der Waals surface area contributed by atoms with Crippen molar-refractivity contribution >= 4 is 11.3 Å². The summed E-state index contributed by atoms with van der Waals surface area (Å²) in [7, 11) is 0. The monoisotopic (exact) mass is 434 g/mol. The molecule has 2 aromatic rings. The first kappa shape index (κ1) is 23.1. The second kappa shape index (κ2) is 8.67. The van der Waals surface area contributed by atoms with E-state index >= 15 is 0 Å². The molecule has 0 bridgehead atoms. The van der Waals surface area contributed by atoms with Crippen molar-refractivity contribution in [3.05, 3.63) is 58.1 Å². The summed E-state index contributed by atoms with van der Waals surface area (Å²) in [6, 6.07) is 5.21. The minimum absolute atomic E-state index is 0.268. The van der Waals surface area contributed by atoms with Crippen molar-refractivity contribution in [1.82, 2.24) is 0 Å². The molecule has 0 saturated carbocycles. The Balaban J connectivity index is 2.02. The van der Waals surface area contributed by atoms with Gasteiger partial charge in [-0.25, -0.2) is 0 Å². The van der Waals surface area contributed by atoms with Gasteiger partial charge in [-0.05, 0) is 57.0 Å². The molecule has 1 heterocycles. The van der Waals surface area contributed by atoms with Gasteiger partial charge in [0, 0.05) is 10.4 Å². The molecule has 0 fully saturated rings. The van der Waals surface area contributed by atoms with Crippen LogP contribution in [0.2, 0.25) is 0 Å². The molecule has 0 spiro atoms. The van der Waals surface area contributed by atoms with Gasteiger partial charge in [0.25, 0.3) is 0 Å². The third-order valence-corrected chi connectivity index (χ3v) is 4.79. The quantitative estimate of drug-likeness (QED) is 0.484. The van der Waals surface area contributed by atoms with E-state index in [4.69, 9.17) is 10.5 Å². The van der Waals surface area contributed by atoms with E-state index in [0.29, 0.717) is 18.6 Å². The zero-order valence-electron chi connectivity index (χ0n) is 15.4. The fourth-order valence-electron chi connectivity index (χ4n) is 2.33. The molecule has 1 aromatic heterocycles. The van der Waals surface area contributed by atoms with Gasteiger partial charge in [-0.15, -0.1) is 11.3 Å². The summed E-state index contributed by atoms with van der Waals surface area (Å²) in [4.78, 5) is 1.79. The van der Waals surface area contributed by atoms with Crippen molar-refractivity contribution in [2.75, 3.05) is 6.61 Å². The minimum Gasteiger partial charge on any atom is -0.481 e. The molecule has 0 amide bonds. The van der Waals surface area contributed by atoms with Gasteiger partial charge in [-0.3, -0.25) is 0 Å². The SMILES string of the molecule is [CH2]C(C)(N)CCc1ccc(C#CCOc2ccc(C(F)(F)F)c(C(F)(F)F)c2)s1. The van der Waals surface area contributed by atoms with Gasteiger partial charge in [0.2, 0.25) is 0 Å². The third-order valence-electron chi connectivity index (χ3n) is 3.73. The molecule has 1 aromatic carbocycles. The predicted octanol–water partition coefficient (Wildman–Crippen LogP) is 5.70. The smallest absolute Gasteiger partial charge is 0.417 e. The van der Waals surface area contributed by atoms with Gasteiger partial charge in [-0.2, -0.15) is 26.3 Å². The molecule has 157 valence electrons. The average molecular weight is 434 g/mol. The molecule has 29 heavy (non-hydrogen) atoms. The number of thiophene rings is 1. The van der Waals surface area contributed by atoms with E-state index in [9.17, 15) is 26.3 Å². The van der Waals surface area contributed by atoms with E-state index in [1.165, 1.54) is 11.3 Å². The maximum absolute atomic E-state index is 12.9. The number of hydrogen-bond acceptors (Lipinski definition) is 3. The summed E-state index contributed by atoms with van der Waals surface area (Å²) in [6.45, 7) is 5.38. The summed E-state index contributed by atoms with van der Waals surface area (Å²) >= 11 is 1.44. The summed E-state index contributed by atoms with van der Waals surface area (Å²) in [5.41, 5.74) is 1.75. The number of rotatable bonds is 5. The molecule has 0 saturated heterocycles. The van der Waals surface area contributed by atoms with Crippen molar-refractivity contribution in [2.24, 2.45) is 5.73 Å². The van der Waals surface area contributed by atoms with Crippen LogP contribution in [0.4, 0.5) is 26.3 Å². The van der Waals surface area contributed by atoms with Crippen LogP contribution in [-0.2, 0) is 18.8 Å². The fraction of sp³-hybridized carbons (Fsp3) is 0.350. The van der Waals surface area contributed by atoms with Crippen LogP contribution in [0.25, 0.3) is 0 Å². The summed E-state index contributed by atoms with van der Waals surface area (Å²) in [6.07, 6.45) is -8.84. The highest BCUT2D eigenvalue weighted by atomic mass is 32.1. The molecule has 9 heteroatoms. The summed E-state index contributed by atoms with van der Waals surface area (Å²) in [5, 5.41) is 0. The lowest BCUT2D eigenvalue weighted by molar-refractivity contribution is -0.162. The third kappa shape index (κ3) is 7.29. The van der Waals surface area contributed by atoms with Crippen LogP contribution >= 0.6 is 11.3 Å². The maximum atomic E-state index is 12.9. The Morgan fingerprint density at radius 2 is 1.69 bits per heavy atom. The molecule has 0 aliphatic heterocycles. The highest BCUT2D eigenvalue weighted by Gasteiger charge is 2.43. The van der Waals surface area contributed by atoms with E-state index in [2.05, 4.69) is 18.8 Å². The second-order valence-electron chi connectivity index (χ2n) is 6.71. The van der Waals surface area contributed by atoms with Crippen molar-refractivity contribution < 1.29 is 31.1 Å². The first-order valence-electron chi connectivity index (χ1n) is 8.39. The normalized spacial score (nSPS) is 12.4. The predicted molar refractivity (Wildman–Crippen MR) is 99.4 cm³/mol.